The zero-order valence-corrected chi connectivity index (χ0v) is 12.0. The van der Waals surface area contributed by atoms with Crippen LogP contribution in [0.2, 0.25) is 0 Å². The highest BCUT2D eigenvalue weighted by molar-refractivity contribution is 9.09. The van der Waals surface area contributed by atoms with E-state index in [0.29, 0.717) is 11.5 Å². The summed E-state index contributed by atoms with van der Waals surface area (Å²) >= 11 is 3.45. The molecule has 1 saturated carbocycles. The molecule has 0 heterocycles. The van der Waals surface area contributed by atoms with Crippen molar-refractivity contribution in [2.75, 3.05) is 11.9 Å². The van der Waals surface area contributed by atoms with Crippen molar-refractivity contribution in [1.82, 2.24) is 0 Å². The number of hydrogen-bond acceptors (Lipinski definition) is 1. The molecule has 0 amide bonds. The van der Waals surface area contributed by atoms with Crippen molar-refractivity contribution in [3.05, 3.63) is 0 Å². The van der Waals surface area contributed by atoms with Crippen LogP contribution in [0.5, 0.6) is 0 Å². The number of unbranched alkanes of at least 4 members (excludes halogenated alkanes) is 1. The molecule has 1 aliphatic carbocycles. The van der Waals surface area contributed by atoms with Gasteiger partial charge in [0.25, 0.3) is 0 Å². The molecule has 1 fully saturated rings. The van der Waals surface area contributed by atoms with E-state index in [4.69, 9.17) is 4.74 Å². The Morgan fingerprint density at radius 2 is 2.00 bits per heavy atom. The van der Waals surface area contributed by atoms with Gasteiger partial charge in [0, 0.05) is 11.9 Å². The summed E-state index contributed by atoms with van der Waals surface area (Å²) in [5.41, 5.74) is 0.484. The van der Waals surface area contributed by atoms with Crippen LogP contribution in [0, 0.1) is 11.3 Å². The Kier molecular flexibility index (Phi) is 5.62. The van der Waals surface area contributed by atoms with Gasteiger partial charge in [-0.1, -0.05) is 36.7 Å². The van der Waals surface area contributed by atoms with Crippen LogP contribution in [0.25, 0.3) is 0 Å². The second-order valence-electron chi connectivity index (χ2n) is 5.80. The maximum atomic E-state index is 5.97. The molecule has 0 aromatic rings. The van der Waals surface area contributed by atoms with Crippen LogP contribution in [-0.2, 0) is 4.74 Å². The van der Waals surface area contributed by atoms with E-state index in [1.54, 1.807) is 0 Å². The first kappa shape index (κ1) is 13.5. The monoisotopic (exact) mass is 276 g/mol. The first-order valence-electron chi connectivity index (χ1n) is 6.21. The smallest absolute Gasteiger partial charge is 0.0582 e. The minimum Gasteiger partial charge on any atom is -0.378 e. The van der Waals surface area contributed by atoms with E-state index in [-0.39, 0.29) is 0 Å². The molecule has 0 aliphatic heterocycles. The van der Waals surface area contributed by atoms with Gasteiger partial charge in [-0.2, -0.15) is 0 Å². The molecule has 0 aromatic carbocycles. The minimum absolute atomic E-state index is 0.484. The van der Waals surface area contributed by atoms with Gasteiger partial charge in [0.2, 0.25) is 0 Å². The fraction of sp³-hybridized carbons (Fsp3) is 1.00. The molecule has 2 heteroatoms. The molecular formula is C13H25BrO. The van der Waals surface area contributed by atoms with Crippen LogP contribution in [0.15, 0.2) is 0 Å². The summed E-state index contributed by atoms with van der Waals surface area (Å²) < 4.78 is 5.97. The molecule has 90 valence electrons. The second kappa shape index (κ2) is 6.24. The number of halogens is 1. The molecule has 15 heavy (non-hydrogen) atoms. The molecule has 0 aromatic heterocycles. The Balaban J connectivity index is 2.23. The van der Waals surface area contributed by atoms with E-state index in [9.17, 15) is 0 Å². The van der Waals surface area contributed by atoms with Gasteiger partial charge in [0.1, 0.15) is 0 Å². The van der Waals surface area contributed by atoms with Gasteiger partial charge in [-0.05, 0) is 43.4 Å². The number of hydrogen-bond donors (Lipinski definition) is 0. The van der Waals surface area contributed by atoms with Crippen LogP contribution >= 0.6 is 15.9 Å². The molecule has 2 atom stereocenters. The largest absolute Gasteiger partial charge is 0.378 e. The maximum absolute atomic E-state index is 5.97. The van der Waals surface area contributed by atoms with Crippen LogP contribution in [0.4, 0.5) is 0 Å². The Labute approximate surface area is 103 Å². The topological polar surface area (TPSA) is 9.23 Å². The lowest BCUT2D eigenvalue weighted by molar-refractivity contribution is -0.0235. The normalized spacial score (nSPS) is 30.4. The molecule has 0 radical (unpaired) electrons. The third-order valence-corrected chi connectivity index (χ3v) is 3.79. The SMILES string of the molecule is CC1CC(OCCCCBr)CC(C)(C)C1. The van der Waals surface area contributed by atoms with Gasteiger partial charge >= 0.3 is 0 Å². The first-order chi connectivity index (χ1) is 7.03. The number of ether oxygens (including phenoxy) is 1. The minimum atomic E-state index is 0.484. The van der Waals surface area contributed by atoms with Gasteiger partial charge in [-0.15, -0.1) is 0 Å². The predicted molar refractivity (Wildman–Crippen MR) is 69.6 cm³/mol. The molecule has 2 unspecified atom stereocenters. The van der Waals surface area contributed by atoms with Gasteiger partial charge in [0.15, 0.2) is 0 Å². The third kappa shape index (κ3) is 5.35. The molecule has 1 aliphatic rings. The Morgan fingerprint density at radius 1 is 1.27 bits per heavy atom. The lowest BCUT2D eigenvalue weighted by Gasteiger charge is -2.38. The Morgan fingerprint density at radius 3 is 2.60 bits per heavy atom. The van der Waals surface area contributed by atoms with Gasteiger partial charge in [-0.25, -0.2) is 0 Å². The van der Waals surface area contributed by atoms with E-state index in [0.717, 1.165) is 17.9 Å². The lowest BCUT2D eigenvalue weighted by Crippen LogP contribution is -2.32. The molecule has 0 saturated heterocycles. The van der Waals surface area contributed by atoms with Crippen molar-refractivity contribution in [3.63, 3.8) is 0 Å². The van der Waals surface area contributed by atoms with Gasteiger partial charge in [-0.3, -0.25) is 0 Å². The molecule has 1 rings (SSSR count). The average Bonchev–Trinajstić information content (AvgIpc) is 2.09. The van der Waals surface area contributed by atoms with E-state index >= 15 is 0 Å². The molecular weight excluding hydrogens is 252 g/mol. The molecule has 0 bridgehead atoms. The summed E-state index contributed by atoms with van der Waals surface area (Å²) in [6.07, 6.45) is 6.79. The summed E-state index contributed by atoms with van der Waals surface area (Å²) in [6, 6.07) is 0. The highest BCUT2D eigenvalue weighted by Crippen LogP contribution is 2.39. The van der Waals surface area contributed by atoms with Crippen molar-refractivity contribution >= 4 is 15.9 Å². The van der Waals surface area contributed by atoms with Crippen LogP contribution in [0.1, 0.15) is 52.9 Å². The quantitative estimate of drug-likeness (QED) is 0.535. The summed E-state index contributed by atoms with van der Waals surface area (Å²) in [4.78, 5) is 0. The first-order valence-corrected chi connectivity index (χ1v) is 7.33. The standard InChI is InChI=1S/C13H25BrO/c1-11-8-12(10-13(2,3)9-11)15-7-5-4-6-14/h11-12H,4-10H2,1-3H3. The second-order valence-corrected chi connectivity index (χ2v) is 6.60. The van der Waals surface area contributed by atoms with Crippen LogP contribution in [-0.4, -0.2) is 18.0 Å². The number of alkyl halides is 1. The number of rotatable bonds is 5. The van der Waals surface area contributed by atoms with Crippen molar-refractivity contribution in [1.29, 1.82) is 0 Å². The van der Waals surface area contributed by atoms with Gasteiger partial charge < -0.3 is 4.74 Å². The molecule has 0 N–H and O–H groups in total. The highest BCUT2D eigenvalue weighted by Gasteiger charge is 2.32. The zero-order valence-electron chi connectivity index (χ0n) is 10.4. The fourth-order valence-corrected chi connectivity index (χ4v) is 3.23. The van der Waals surface area contributed by atoms with E-state index < -0.39 is 0 Å². The molecule has 1 nitrogen and oxygen atoms in total. The summed E-state index contributed by atoms with van der Waals surface area (Å²) in [6.45, 7) is 8.05. The van der Waals surface area contributed by atoms with Crippen molar-refractivity contribution in [2.45, 2.75) is 59.0 Å². The Hall–Kier alpha value is 0.440. The summed E-state index contributed by atoms with van der Waals surface area (Å²) in [7, 11) is 0. The third-order valence-electron chi connectivity index (χ3n) is 3.23. The summed E-state index contributed by atoms with van der Waals surface area (Å²) in [5, 5.41) is 1.10. The highest BCUT2D eigenvalue weighted by atomic mass is 79.9. The average molecular weight is 277 g/mol. The van der Waals surface area contributed by atoms with Crippen LogP contribution < -0.4 is 0 Å². The maximum Gasteiger partial charge on any atom is 0.0582 e. The van der Waals surface area contributed by atoms with Crippen molar-refractivity contribution in [3.8, 4) is 0 Å². The van der Waals surface area contributed by atoms with E-state index in [2.05, 4.69) is 36.7 Å². The van der Waals surface area contributed by atoms with Crippen molar-refractivity contribution in [2.24, 2.45) is 11.3 Å². The van der Waals surface area contributed by atoms with E-state index in [1.165, 1.54) is 32.1 Å². The van der Waals surface area contributed by atoms with Crippen LogP contribution in [0.3, 0.4) is 0 Å². The fourth-order valence-electron chi connectivity index (χ4n) is 2.83. The lowest BCUT2D eigenvalue weighted by atomic mass is 9.71. The summed E-state index contributed by atoms with van der Waals surface area (Å²) in [5.74, 6) is 0.829. The predicted octanol–water partition coefficient (Wildman–Crippen LogP) is 4.39. The van der Waals surface area contributed by atoms with Gasteiger partial charge in [0.05, 0.1) is 6.10 Å². The Bertz CT molecular complexity index is 179. The van der Waals surface area contributed by atoms with E-state index in [1.807, 2.05) is 0 Å². The van der Waals surface area contributed by atoms with Crippen molar-refractivity contribution < 1.29 is 4.74 Å². The molecule has 0 spiro atoms. The zero-order chi connectivity index (χ0) is 11.3.